The van der Waals surface area contributed by atoms with Gasteiger partial charge in [0, 0.05) is 6.54 Å². The molecule has 1 N–H and O–H groups in total. The van der Waals surface area contributed by atoms with E-state index in [1.54, 1.807) is 6.92 Å². The number of benzene rings is 2. The molecule has 0 saturated heterocycles. The minimum atomic E-state index is -0.479. The van der Waals surface area contributed by atoms with Gasteiger partial charge in [0.1, 0.15) is 5.75 Å². The highest BCUT2D eigenvalue weighted by Gasteiger charge is 2.13. The fourth-order valence-electron chi connectivity index (χ4n) is 2.03. The quantitative estimate of drug-likeness (QED) is 0.816. The highest BCUT2D eigenvalue weighted by molar-refractivity contribution is 5.84. The van der Waals surface area contributed by atoms with Gasteiger partial charge in [0.05, 0.1) is 0 Å². The summed E-state index contributed by atoms with van der Waals surface area (Å²) in [6, 6.07) is 14.0. The third-order valence-corrected chi connectivity index (χ3v) is 3.23. The van der Waals surface area contributed by atoms with Crippen LogP contribution in [0.4, 0.5) is 0 Å². The van der Waals surface area contributed by atoms with Crippen molar-refractivity contribution in [3.8, 4) is 5.75 Å². The predicted molar refractivity (Wildman–Crippen MR) is 82.0 cm³/mol. The first-order valence-corrected chi connectivity index (χ1v) is 7.14. The van der Waals surface area contributed by atoms with Crippen LogP contribution in [-0.4, -0.2) is 18.6 Å². The molecular formula is C17H21NO2. The van der Waals surface area contributed by atoms with E-state index in [1.165, 1.54) is 5.39 Å². The average molecular weight is 271 g/mol. The monoisotopic (exact) mass is 271 g/mol. The zero-order chi connectivity index (χ0) is 14.4. The Balaban J connectivity index is 1.98. The van der Waals surface area contributed by atoms with Gasteiger partial charge in [-0.2, -0.15) is 0 Å². The number of rotatable bonds is 6. The number of fused-ring (bicyclic) bond motifs is 1. The van der Waals surface area contributed by atoms with Crippen molar-refractivity contribution in [1.82, 2.24) is 5.32 Å². The first kappa shape index (κ1) is 14.4. The largest absolute Gasteiger partial charge is 0.481 e. The maximum absolute atomic E-state index is 11.8. The van der Waals surface area contributed by atoms with Gasteiger partial charge in [-0.15, -0.1) is 0 Å². The minimum absolute atomic E-state index is 0.0633. The molecule has 106 valence electrons. The second-order valence-electron chi connectivity index (χ2n) is 4.91. The smallest absolute Gasteiger partial charge is 0.260 e. The number of nitrogens with one attached hydrogen (secondary N) is 1. The van der Waals surface area contributed by atoms with Crippen LogP contribution < -0.4 is 10.1 Å². The number of carbonyl (C=O) groups excluding carboxylic acids is 1. The number of unbranched alkanes of at least 4 members (excludes halogenated alkanes) is 1. The Morgan fingerprint density at radius 2 is 1.95 bits per heavy atom. The van der Waals surface area contributed by atoms with E-state index in [4.69, 9.17) is 4.74 Å². The molecule has 1 amide bonds. The summed E-state index contributed by atoms with van der Waals surface area (Å²) in [4.78, 5) is 11.8. The van der Waals surface area contributed by atoms with Crippen LogP contribution in [0.25, 0.3) is 10.8 Å². The lowest BCUT2D eigenvalue weighted by Crippen LogP contribution is -2.36. The van der Waals surface area contributed by atoms with Crippen molar-refractivity contribution < 1.29 is 9.53 Å². The molecule has 20 heavy (non-hydrogen) atoms. The van der Waals surface area contributed by atoms with Gasteiger partial charge in [-0.25, -0.2) is 0 Å². The van der Waals surface area contributed by atoms with Gasteiger partial charge in [-0.3, -0.25) is 4.79 Å². The number of ether oxygens (including phenoxy) is 1. The van der Waals surface area contributed by atoms with Crippen molar-refractivity contribution in [3.63, 3.8) is 0 Å². The molecule has 0 radical (unpaired) electrons. The van der Waals surface area contributed by atoms with Crippen LogP contribution in [0.15, 0.2) is 42.5 Å². The summed E-state index contributed by atoms with van der Waals surface area (Å²) in [5.41, 5.74) is 0. The molecule has 0 fully saturated rings. The van der Waals surface area contributed by atoms with Crippen LogP contribution >= 0.6 is 0 Å². The molecule has 3 heteroatoms. The standard InChI is InChI=1S/C17H21NO2/c1-3-4-11-18-17(19)13(2)20-16-10-9-14-7-5-6-8-15(14)12-16/h5-10,12-13H,3-4,11H2,1-2H3,(H,18,19). The highest BCUT2D eigenvalue weighted by atomic mass is 16.5. The zero-order valence-electron chi connectivity index (χ0n) is 12.1. The van der Waals surface area contributed by atoms with Crippen molar-refractivity contribution in [2.45, 2.75) is 32.8 Å². The van der Waals surface area contributed by atoms with E-state index >= 15 is 0 Å². The van der Waals surface area contributed by atoms with E-state index in [9.17, 15) is 4.79 Å². The summed E-state index contributed by atoms with van der Waals surface area (Å²) in [5, 5.41) is 5.16. The molecule has 1 unspecified atom stereocenters. The maximum atomic E-state index is 11.8. The first-order chi connectivity index (χ1) is 9.70. The summed E-state index contributed by atoms with van der Waals surface area (Å²) < 4.78 is 5.70. The van der Waals surface area contributed by atoms with Crippen LogP contribution in [-0.2, 0) is 4.79 Å². The molecule has 0 aromatic heterocycles. The summed E-state index contributed by atoms with van der Waals surface area (Å²) in [5.74, 6) is 0.661. The van der Waals surface area contributed by atoms with Gasteiger partial charge in [0.25, 0.3) is 5.91 Å². The molecule has 0 spiro atoms. The lowest BCUT2D eigenvalue weighted by molar-refractivity contribution is -0.127. The van der Waals surface area contributed by atoms with E-state index in [1.807, 2.05) is 36.4 Å². The Morgan fingerprint density at radius 3 is 2.70 bits per heavy atom. The van der Waals surface area contributed by atoms with E-state index in [0.717, 1.165) is 24.0 Å². The second-order valence-corrected chi connectivity index (χ2v) is 4.91. The van der Waals surface area contributed by atoms with Gasteiger partial charge >= 0.3 is 0 Å². The lowest BCUT2D eigenvalue weighted by Gasteiger charge is -2.15. The number of hydrogen-bond donors (Lipinski definition) is 1. The molecule has 0 bridgehead atoms. The van der Waals surface area contributed by atoms with Crippen molar-refractivity contribution in [3.05, 3.63) is 42.5 Å². The van der Waals surface area contributed by atoms with E-state index in [-0.39, 0.29) is 5.91 Å². The second kappa shape index (κ2) is 6.94. The summed E-state index contributed by atoms with van der Waals surface area (Å²) in [6.45, 7) is 4.58. The normalized spacial score (nSPS) is 12.1. The Bertz CT molecular complexity index is 580. The highest BCUT2D eigenvalue weighted by Crippen LogP contribution is 2.21. The Morgan fingerprint density at radius 1 is 1.20 bits per heavy atom. The molecule has 1 atom stereocenters. The minimum Gasteiger partial charge on any atom is -0.481 e. The molecule has 2 rings (SSSR count). The lowest BCUT2D eigenvalue weighted by atomic mass is 10.1. The van der Waals surface area contributed by atoms with Crippen LogP contribution in [0.5, 0.6) is 5.75 Å². The van der Waals surface area contributed by atoms with Crippen LogP contribution in [0.1, 0.15) is 26.7 Å². The molecule has 3 nitrogen and oxygen atoms in total. The van der Waals surface area contributed by atoms with Crippen molar-refractivity contribution in [2.24, 2.45) is 0 Å². The zero-order valence-corrected chi connectivity index (χ0v) is 12.1. The summed E-state index contributed by atoms with van der Waals surface area (Å²) in [6.07, 6.45) is 1.59. The number of hydrogen-bond acceptors (Lipinski definition) is 2. The van der Waals surface area contributed by atoms with E-state index in [2.05, 4.69) is 18.3 Å². The van der Waals surface area contributed by atoms with Gasteiger partial charge in [0.15, 0.2) is 6.10 Å². The molecule has 0 heterocycles. The third-order valence-electron chi connectivity index (χ3n) is 3.23. The van der Waals surface area contributed by atoms with Crippen LogP contribution in [0.2, 0.25) is 0 Å². The van der Waals surface area contributed by atoms with Gasteiger partial charge < -0.3 is 10.1 Å². The summed E-state index contributed by atoms with van der Waals surface area (Å²) >= 11 is 0. The van der Waals surface area contributed by atoms with Crippen LogP contribution in [0, 0.1) is 0 Å². The Labute approximate surface area is 119 Å². The molecule has 0 aliphatic carbocycles. The van der Waals surface area contributed by atoms with Crippen molar-refractivity contribution in [1.29, 1.82) is 0 Å². The molecule has 0 aliphatic heterocycles. The number of amides is 1. The summed E-state index contributed by atoms with van der Waals surface area (Å²) in [7, 11) is 0. The molecule has 0 aliphatic rings. The van der Waals surface area contributed by atoms with Gasteiger partial charge in [-0.05, 0) is 36.2 Å². The van der Waals surface area contributed by atoms with Crippen molar-refractivity contribution in [2.75, 3.05) is 6.54 Å². The fraction of sp³-hybridized carbons (Fsp3) is 0.353. The predicted octanol–water partition coefficient (Wildman–Crippen LogP) is 3.52. The fourth-order valence-corrected chi connectivity index (χ4v) is 2.03. The molecular weight excluding hydrogens is 250 g/mol. The molecule has 0 saturated carbocycles. The van der Waals surface area contributed by atoms with Crippen LogP contribution in [0.3, 0.4) is 0 Å². The molecule has 2 aromatic carbocycles. The van der Waals surface area contributed by atoms with E-state index in [0.29, 0.717) is 6.54 Å². The topological polar surface area (TPSA) is 38.3 Å². The average Bonchev–Trinajstić information content (AvgIpc) is 2.47. The number of carbonyl (C=O) groups is 1. The SMILES string of the molecule is CCCCNC(=O)C(C)Oc1ccc2ccccc2c1. The van der Waals surface area contributed by atoms with Gasteiger partial charge in [-0.1, -0.05) is 43.7 Å². The third kappa shape index (κ3) is 3.73. The molecule has 2 aromatic rings. The first-order valence-electron chi connectivity index (χ1n) is 7.14. The van der Waals surface area contributed by atoms with Crippen molar-refractivity contribution >= 4 is 16.7 Å². The Hall–Kier alpha value is -2.03. The maximum Gasteiger partial charge on any atom is 0.260 e. The van der Waals surface area contributed by atoms with Gasteiger partial charge in [0.2, 0.25) is 0 Å². The Kier molecular flexibility index (Phi) is 4.99. The van der Waals surface area contributed by atoms with E-state index < -0.39 is 6.10 Å².